The molecule has 0 unspecified atom stereocenters. The standard InChI is InChI=1S/C19H15ClN2O/c1-2-12-22-18(14-8-4-3-5-9-14)21-17(19(22)23)13-15-10-6-7-11-16(15)20/h2-11,13H,1,12H2/b17-13-. The van der Waals surface area contributed by atoms with Gasteiger partial charge in [-0.15, -0.1) is 6.58 Å². The van der Waals surface area contributed by atoms with Gasteiger partial charge >= 0.3 is 0 Å². The van der Waals surface area contributed by atoms with Crippen LogP contribution in [0.25, 0.3) is 6.08 Å². The van der Waals surface area contributed by atoms with Crippen molar-refractivity contribution in [1.82, 2.24) is 4.90 Å². The molecule has 0 bridgehead atoms. The number of benzene rings is 2. The maximum absolute atomic E-state index is 12.6. The molecule has 2 aromatic rings. The van der Waals surface area contributed by atoms with Gasteiger partial charge in [0.1, 0.15) is 11.5 Å². The average Bonchev–Trinajstić information content (AvgIpc) is 2.88. The van der Waals surface area contributed by atoms with Crippen LogP contribution in [0.3, 0.4) is 0 Å². The van der Waals surface area contributed by atoms with Gasteiger partial charge in [0.25, 0.3) is 5.91 Å². The van der Waals surface area contributed by atoms with E-state index in [1.54, 1.807) is 23.1 Å². The van der Waals surface area contributed by atoms with Crippen LogP contribution in [0.1, 0.15) is 11.1 Å². The summed E-state index contributed by atoms with van der Waals surface area (Å²) in [6.45, 7) is 4.13. The van der Waals surface area contributed by atoms with Crippen molar-refractivity contribution < 1.29 is 4.79 Å². The molecular weight excluding hydrogens is 308 g/mol. The summed E-state index contributed by atoms with van der Waals surface area (Å²) in [5, 5.41) is 0.589. The van der Waals surface area contributed by atoms with E-state index in [0.29, 0.717) is 23.1 Å². The van der Waals surface area contributed by atoms with E-state index in [0.717, 1.165) is 11.1 Å². The Hall–Kier alpha value is -2.65. The van der Waals surface area contributed by atoms with E-state index in [4.69, 9.17) is 11.6 Å². The van der Waals surface area contributed by atoms with E-state index in [2.05, 4.69) is 11.6 Å². The third kappa shape index (κ3) is 3.10. The molecule has 1 aliphatic rings. The smallest absolute Gasteiger partial charge is 0.278 e. The first kappa shape index (κ1) is 15.3. The molecule has 1 aliphatic heterocycles. The Morgan fingerprint density at radius 3 is 2.48 bits per heavy atom. The predicted octanol–water partition coefficient (Wildman–Crippen LogP) is 4.16. The third-order valence-electron chi connectivity index (χ3n) is 3.49. The minimum atomic E-state index is -0.149. The monoisotopic (exact) mass is 322 g/mol. The van der Waals surface area contributed by atoms with Gasteiger partial charge in [-0.05, 0) is 17.7 Å². The Bertz CT molecular complexity index is 809. The molecule has 1 amide bonds. The average molecular weight is 323 g/mol. The Balaban J connectivity index is 2.05. The fourth-order valence-corrected chi connectivity index (χ4v) is 2.59. The highest BCUT2D eigenvalue weighted by Crippen LogP contribution is 2.24. The van der Waals surface area contributed by atoms with Crippen LogP contribution in [0.5, 0.6) is 0 Å². The molecule has 3 nitrogen and oxygen atoms in total. The van der Waals surface area contributed by atoms with Gasteiger partial charge < -0.3 is 0 Å². The zero-order valence-corrected chi connectivity index (χ0v) is 13.2. The van der Waals surface area contributed by atoms with Crippen LogP contribution < -0.4 is 0 Å². The third-order valence-corrected chi connectivity index (χ3v) is 3.83. The maximum atomic E-state index is 12.6. The van der Waals surface area contributed by atoms with Crippen molar-refractivity contribution in [2.24, 2.45) is 4.99 Å². The fraction of sp³-hybridized carbons (Fsp3) is 0.0526. The van der Waals surface area contributed by atoms with Crippen LogP contribution in [0.2, 0.25) is 5.02 Å². The quantitative estimate of drug-likeness (QED) is 0.614. The summed E-state index contributed by atoms with van der Waals surface area (Å²) in [5.41, 5.74) is 2.04. The minimum absolute atomic E-state index is 0.149. The van der Waals surface area contributed by atoms with Crippen molar-refractivity contribution in [2.75, 3.05) is 6.54 Å². The number of aliphatic imine (C=N–C) groups is 1. The number of carbonyl (C=O) groups is 1. The lowest BCUT2D eigenvalue weighted by molar-refractivity contribution is -0.122. The normalized spacial score (nSPS) is 15.9. The van der Waals surface area contributed by atoms with Gasteiger partial charge in [0.05, 0.1) is 0 Å². The lowest BCUT2D eigenvalue weighted by Crippen LogP contribution is -2.32. The van der Waals surface area contributed by atoms with Crippen molar-refractivity contribution in [3.63, 3.8) is 0 Å². The van der Waals surface area contributed by atoms with Crippen LogP contribution in [0, 0.1) is 0 Å². The van der Waals surface area contributed by atoms with E-state index >= 15 is 0 Å². The number of nitrogens with zero attached hydrogens (tertiary/aromatic N) is 2. The Labute approximate surface area is 140 Å². The molecule has 0 N–H and O–H groups in total. The molecule has 0 spiro atoms. The van der Waals surface area contributed by atoms with E-state index in [1.165, 1.54) is 0 Å². The maximum Gasteiger partial charge on any atom is 0.278 e. The number of hydrogen-bond donors (Lipinski definition) is 0. The Morgan fingerprint density at radius 2 is 1.78 bits per heavy atom. The molecule has 0 saturated carbocycles. The summed E-state index contributed by atoms with van der Waals surface area (Å²) in [6, 6.07) is 17.0. The molecule has 0 saturated heterocycles. The van der Waals surface area contributed by atoms with Crippen molar-refractivity contribution in [3.05, 3.63) is 89.1 Å². The van der Waals surface area contributed by atoms with Gasteiger partial charge in [-0.2, -0.15) is 0 Å². The molecule has 0 atom stereocenters. The molecular formula is C19H15ClN2O. The molecule has 2 aromatic carbocycles. The van der Waals surface area contributed by atoms with Gasteiger partial charge in [0.2, 0.25) is 0 Å². The van der Waals surface area contributed by atoms with Gasteiger partial charge in [0, 0.05) is 17.1 Å². The molecule has 1 heterocycles. The van der Waals surface area contributed by atoms with E-state index < -0.39 is 0 Å². The van der Waals surface area contributed by atoms with E-state index in [9.17, 15) is 4.79 Å². The van der Waals surface area contributed by atoms with E-state index in [1.807, 2.05) is 48.5 Å². The highest BCUT2D eigenvalue weighted by molar-refractivity contribution is 6.32. The number of amides is 1. The number of hydrogen-bond acceptors (Lipinski definition) is 2. The molecule has 4 heteroatoms. The van der Waals surface area contributed by atoms with Gasteiger partial charge in [-0.3, -0.25) is 9.69 Å². The largest absolute Gasteiger partial charge is 0.287 e. The second kappa shape index (κ2) is 6.63. The molecule has 23 heavy (non-hydrogen) atoms. The second-order valence-corrected chi connectivity index (χ2v) is 5.46. The summed E-state index contributed by atoms with van der Waals surface area (Å²) >= 11 is 6.17. The highest BCUT2D eigenvalue weighted by Gasteiger charge is 2.30. The lowest BCUT2D eigenvalue weighted by Gasteiger charge is -2.15. The zero-order valence-electron chi connectivity index (χ0n) is 12.4. The number of amidine groups is 1. The molecule has 3 rings (SSSR count). The summed E-state index contributed by atoms with van der Waals surface area (Å²) in [4.78, 5) is 18.8. The molecule has 114 valence electrons. The fourth-order valence-electron chi connectivity index (χ4n) is 2.40. The summed E-state index contributed by atoms with van der Waals surface area (Å²) < 4.78 is 0. The Morgan fingerprint density at radius 1 is 1.09 bits per heavy atom. The van der Waals surface area contributed by atoms with Crippen LogP contribution in [0.15, 0.2) is 77.9 Å². The lowest BCUT2D eigenvalue weighted by atomic mass is 10.2. The second-order valence-electron chi connectivity index (χ2n) is 5.06. The molecule has 0 radical (unpaired) electrons. The van der Waals surface area contributed by atoms with Crippen molar-refractivity contribution >= 4 is 29.4 Å². The van der Waals surface area contributed by atoms with Gasteiger partial charge in [-0.1, -0.05) is 66.2 Å². The molecule has 0 fully saturated rings. The first-order valence-electron chi connectivity index (χ1n) is 7.24. The number of halogens is 1. The minimum Gasteiger partial charge on any atom is -0.287 e. The van der Waals surface area contributed by atoms with E-state index in [-0.39, 0.29) is 5.91 Å². The van der Waals surface area contributed by atoms with Crippen LogP contribution in [0.4, 0.5) is 0 Å². The summed E-state index contributed by atoms with van der Waals surface area (Å²) in [6.07, 6.45) is 3.41. The van der Waals surface area contributed by atoms with Crippen LogP contribution in [-0.2, 0) is 4.79 Å². The highest BCUT2D eigenvalue weighted by atomic mass is 35.5. The first-order valence-corrected chi connectivity index (χ1v) is 7.61. The zero-order chi connectivity index (χ0) is 16.2. The van der Waals surface area contributed by atoms with Crippen molar-refractivity contribution in [1.29, 1.82) is 0 Å². The van der Waals surface area contributed by atoms with Crippen molar-refractivity contribution in [2.45, 2.75) is 0 Å². The molecule has 0 aliphatic carbocycles. The number of carbonyl (C=O) groups excluding carboxylic acids is 1. The summed E-state index contributed by atoms with van der Waals surface area (Å²) in [7, 11) is 0. The summed E-state index contributed by atoms with van der Waals surface area (Å²) in [5.74, 6) is 0.484. The molecule has 0 aromatic heterocycles. The van der Waals surface area contributed by atoms with Gasteiger partial charge in [0.15, 0.2) is 0 Å². The first-order chi connectivity index (χ1) is 11.2. The SMILES string of the molecule is C=CCN1C(=O)/C(=C/c2ccccc2Cl)N=C1c1ccccc1. The number of rotatable bonds is 4. The predicted molar refractivity (Wildman–Crippen MR) is 94.3 cm³/mol. The van der Waals surface area contributed by atoms with Crippen LogP contribution in [-0.4, -0.2) is 23.2 Å². The van der Waals surface area contributed by atoms with Crippen molar-refractivity contribution in [3.8, 4) is 0 Å². The van der Waals surface area contributed by atoms with Gasteiger partial charge in [-0.25, -0.2) is 4.99 Å². The Kier molecular flexibility index (Phi) is 4.40. The van der Waals surface area contributed by atoms with Crippen LogP contribution >= 0.6 is 11.6 Å². The topological polar surface area (TPSA) is 32.7 Å².